The molecule has 0 aromatic carbocycles. The van der Waals surface area contributed by atoms with Crippen molar-refractivity contribution in [1.29, 1.82) is 0 Å². The number of hydrogen-bond donors (Lipinski definition) is 1. The van der Waals surface area contributed by atoms with E-state index in [1.807, 2.05) is 13.1 Å². The predicted octanol–water partition coefficient (Wildman–Crippen LogP) is 3.06. The van der Waals surface area contributed by atoms with Crippen molar-refractivity contribution in [3.05, 3.63) is 22.2 Å². The largest absolute Gasteiger partial charge is 0.385 e. The van der Waals surface area contributed by atoms with Gasteiger partial charge in [0.2, 0.25) is 0 Å². The third-order valence-corrected chi connectivity index (χ3v) is 5.66. The second-order valence-electron chi connectivity index (χ2n) is 8.79. The fourth-order valence-corrected chi connectivity index (χ4v) is 3.67. The Morgan fingerprint density at radius 3 is 2.31 bits per heavy atom. The summed E-state index contributed by atoms with van der Waals surface area (Å²) in [5.41, 5.74) is 0.600. The number of aromatic nitrogens is 2. The molecule has 0 amide bonds. The second-order valence-corrected chi connectivity index (χ2v) is 8.79. The lowest BCUT2D eigenvalue weighted by Crippen LogP contribution is -2.29. The molecule has 0 bridgehead atoms. The number of nitrogens with zero attached hydrogens (tertiary/aromatic N) is 2. The van der Waals surface area contributed by atoms with E-state index < -0.39 is 0 Å². The minimum absolute atomic E-state index is 0.0835. The van der Waals surface area contributed by atoms with E-state index in [1.165, 1.54) is 13.8 Å². The molecule has 1 N–H and O–H groups in total. The highest BCUT2D eigenvalue weighted by molar-refractivity contribution is 5.83. The van der Waals surface area contributed by atoms with Crippen molar-refractivity contribution < 1.29 is 28.5 Å². The van der Waals surface area contributed by atoms with Gasteiger partial charge in [-0.25, -0.2) is 4.79 Å². The van der Waals surface area contributed by atoms with E-state index >= 15 is 0 Å². The fourth-order valence-electron chi connectivity index (χ4n) is 3.67. The van der Waals surface area contributed by atoms with Crippen LogP contribution in [0.2, 0.25) is 0 Å². The number of aryl methyl sites for hydroxylation is 1. The zero-order valence-electron chi connectivity index (χ0n) is 22.1. The van der Waals surface area contributed by atoms with Crippen molar-refractivity contribution in [1.82, 2.24) is 9.55 Å². The number of rotatable bonds is 15. The third kappa shape index (κ3) is 11.9. The number of hydrogen-bond acceptors (Lipinski definition) is 9. The number of unbranched alkanes of at least 4 members (excludes halogenated alkanes) is 3. The Hall–Kier alpha value is -2.14. The number of Topliss-reactive ketones (excluding diaryl/α,β-unsaturated/α-hetero) is 2. The molecule has 2 rings (SSSR count). The number of carbonyl (C=O) groups excluding carboxylic acids is 2. The van der Waals surface area contributed by atoms with E-state index in [4.69, 9.17) is 18.9 Å². The van der Waals surface area contributed by atoms with Crippen LogP contribution in [0.4, 0.5) is 5.82 Å². The summed E-state index contributed by atoms with van der Waals surface area (Å²) in [5, 5.41) is 3.27. The van der Waals surface area contributed by atoms with Gasteiger partial charge >= 0.3 is 5.69 Å². The zero-order chi connectivity index (χ0) is 26.2. The molecule has 1 saturated heterocycles. The summed E-state index contributed by atoms with van der Waals surface area (Å²) >= 11 is 0. The quantitative estimate of drug-likeness (QED) is 0.365. The molecule has 0 aliphatic carbocycles. The van der Waals surface area contributed by atoms with Crippen molar-refractivity contribution in [2.75, 3.05) is 46.4 Å². The van der Waals surface area contributed by atoms with E-state index in [2.05, 4.69) is 10.3 Å². The first kappa shape index (κ1) is 30.9. The van der Waals surface area contributed by atoms with E-state index in [-0.39, 0.29) is 35.7 Å². The van der Waals surface area contributed by atoms with Gasteiger partial charge in [0.15, 0.2) is 0 Å². The van der Waals surface area contributed by atoms with Gasteiger partial charge in [-0.3, -0.25) is 4.57 Å². The summed E-state index contributed by atoms with van der Waals surface area (Å²) < 4.78 is 23.2. The van der Waals surface area contributed by atoms with Gasteiger partial charge in [0.05, 0.1) is 12.7 Å². The molecule has 1 fully saturated rings. The van der Waals surface area contributed by atoms with Crippen LogP contribution in [0.15, 0.2) is 11.0 Å². The van der Waals surface area contributed by atoms with Crippen LogP contribution in [0.25, 0.3) is 0 Å². The van der Waals surface area contributed by atoms with Crippen molar-refractivity contribution in [3.63, 3.8) is 0 Å². The van der Waals surface area contributed by atoms with E-state index in [0.29, 0.717) is 31.7 Å². The van der Waals surface area contributed by atoms with Crippen LogP contribution < -0.4 is 11.0 Å². The van der Waals surface area contributed by atoms with E-state index in [1.54, 1.807) is 25.9 Å². The summed E-state index contributed by atoms with van der Waals surface area (Å²) in [5.74, 6) is 0.809. The molecule has 0 saturated carbocycles. The topological polar surface area (TPSA) is 118 Å². The van der Waals surface area contributed by atoms with Gasteiger partial charge < -0.3 is 33.9 Å². The van der Waals surface area contributed by atoms with Gasteiger partial charge in [0.25, 0.3) is 0 Å². The van der Waals surface area contributed by atoms with Crippen LogP contribution in [0, 0.1) is 6.92 Å². The molecule has 200 valence electrons. The highest BCUT2D eigenvalue weighted by Crippen LogP contribution is 2.30. The molecule has 0 spiro atoms. The molecule has 2 heterocycles. The van der Waals surface area contributed by atoms with Crippen LogP contribution in [-0.4, -0.2) is 74.4 Å². The number of nitrogens with one attached hydrogen (secondary N) is 1. The van der Waals surface area contributed by atoms with E-state index in [0.717, 1.165) is 44.4 Å². The first-order chi connectivity index (χ1) is 16.7. The van der Waals surface area contributed by atoms with Gasteiger partial charge in [-0.05, 0) is 33.6 Å². The summed E-state index contributed by atoms with van der Waals surface area (Å²) in [6, 6.07) is 0. The maximum absolute atomic E-state index is 12.5. The Balaban J connectivity index is 0.000000658. The van der Waals surface area contributed by atoms with Crippen LogP contribution in [0.5, 0.6) is 0 Å². The second kappa shape index (κ2) is 17.3. The molecule has 10 heteroatoms. The number of ether oxygens (including phenoxy) is 4. The number of ketones is 2. The minimum atomic E-state index is -0.386. The van der Waals surface area contributed by atoms with Crippen molar-refractivity contribution in [2.24, 2.45) is 0 Å². The lowest BCUT2D eigenvalue weighted by atomic mass is 10.2. The van der Waals surface area contributed by atoms with Gasteiger partial charge in [0, 0.05) is 65.5 Å². The van der Waals surface area contributed by atoms with E-state index in [9.17, 15) is 14.4 Å². The highest BCUT2D eigenvalue weighted by atomic mass is 16.6. The molecular formula is C25H43N3O7. The SMILES string of the molecule is CC(=O)CCC(C)=O.COCCCCCCNc1nc(=O)n(C2CC(OC)C(COC)O2)cc1C. The fraction of sp³-hybridized carbons (Fsp3) is 0.760. The normalized spacial score (nSPS) is 19.2. The van der Waals surface area contributed by atoms with Crippen LogP contribution in [-0.2, 0) is 28.5 Å². The van der Waals surface area contributed by atoms with Crippen molar-refractivity contribution in [3.8, 4) is 0 Å². The molecule has 1 aliphatic rings. The molecule has 1 aromatic heterocycles. The summed E-state index contributed by atoms with van der Waals surface area (Å²) in [6.07, 6.45) is 6.92. The molecule has 3 atom stereocenters. The van der Waals surface area contributed by atoms with Gasteiger partial charge in [-0.2, -0.15) is 4.98 Å². The molecule has 0 radical (unpaired) electrons. The zero-order valence-corrected chi connectivity index (χ0v) is 22.1. The summed E-state index contributed by atoms with van der Waals surface area (Å²) in [6.45, 7) is 6.96. The molecule has 35 heavy (non-hydrogen) atoms. The molecular weight excluding hydrogens is 454 g/mol. The average Bonchev–Trinajstić information content (AvgIpc) is 3.22. The monoisotopic (exact) mass is 497 g/mol. The first-order valence-corrected chi connectivity index (χ1v) is 12.2. The Morgan fingerprint density at radius 1 is 1.09 bits per heavy atom. The molecule has 10 nitrogen and oxygen atoms in total. The highest BCUT2D eigenvalue weighted by Gasteiger charge is 2.37. The third-order valence-electron chi connectivity index (χ3n) is 5.66. The standard InChI is InChI=1S/C19H33N3O5.C6H10O2/c1-14-12-22(17-11-15(26-4)16(27-17)13-25-3)19(23)21-18(14)20-9-7-5-6-8-10-24-2;1-5(7)3-4-6(2)8/h12,15-17H,5-11,13H2,1-4H3,(H,20,21,23);3-4H2,1-2H3. The Labute approximate surface area is 208 Å². The van der Waals surface area contributed by atoms with Crippen molar-refractivity contribution in [2.45, 2.75) is 84.2 Å². The van der Waals surface area contributed by atoms with Gasteiger partial charge in [-0.1, -0.05) is 12.8 Å². The Bertz CT molecular complexity index is 814. The lowest BCUT2D eigenvalue weighted by molar-refractivity contribution is -0.122. The minimum Gasteiger partial charge on any atom is -0.385 e. The Kier molecular flexibility index (Phi) is 15.3. The molecule has 3 unspecified atom stereocenters. The number of methoxy groups -OCH3 is 3. The maximum atomic E-state index is 12.5. The summed E-state index contributed by atoms with van der Waals surface area (Å²) in [7, 11) is 4.99. The first-order valence-electron chi connectivity index (χ1n) is 12.2. The summed E-state index contributed by atoms with van der Waals surface area (Å²) in [4.78, 5) is 37.1. The average molecular weight is 498 g/mol. The van der Waals surface area contributed by atoms with Gasteiger partial charge in [0.1, 0.15) is 29.7 Å². The molecule has 1 aromatic rings. The van der Waals surface area contributed by atoms with Crippen LogP contribution in [0.3, 0.4) is 0 Å². The van der Waals surface area contributed by atoms with Gasteiger partial charge in [-0.15, -0.1) is 0 Å². The smallest absolute Gasteiger partial charge is 0.351 e. The van der Waals surface area contributed by atoms with Crippen molar-refractivity contribution >= 4 is 17.4 Å². The van der Waals surface area contributed by atoms with Crippen LogP contribution in [0.1, 0.15) is 70.6 Å². The maximum Gasteiger partial charge on any atom is 0.351 e. The predicted molar refractivity (Wildman–Crippen MR) is 134 cm³/mol. The Morgan fingerprint density at radius 2 is 1.74 bits per heavy atom. The van der Waals surface area contributed by atoms with Crippen LogP contribution >= 0.6 is 0 Å². The number of carbonyl (C=O) groups is 2. The number of anilines is 1. The lowest BCUT2D eigenvalue weighted by Gasteiger charge is -2.17. The molecule has 1 aliphatic heterocycles.